The largest absolute Gasteiger partial charge is 0.460 e. The molecule has 4 aliphatic rings. The number of piperidine rings is 1. The number of esters is 1. The summed E-state index contributed by atoms with van der Waals surface area (Å²) in [7, 11) is 4.50. The lowest BCUT2D eigenvalue weighted by atomic mass is 9.78. The van der Waals surface area contributed by atoms with E-state index >= 15 is 0 Å². The van der Waals surface area contributed by atoms with Gasteiger partial charge >= 0.3 is 12.1 Å². The molecule has 1 aliphatic carbocycles. The maximum atomic E-state index is 14.6. The number of carbonyl (C=O) groups excluding carboxylic acids is 6. The number of nitrogens with one attached hydrogen (secondary N) is 1. The van der Waals surface area contributed by atoms with E-state index in [0.29, 0.717) is 129 Å². The van der Waals surface area contributed by atoms with Crippen LogP contribution in [0.5, 0.6) is 0 Å². The number of aliphatic hydroxyl groups excluding tert-OH is 1. The smallest absolute Gasteiger partial charge is 0.407 e. The minimum Gasteiger partial charge on any atom is -0.460 e. The maximum Gasteiger partial charge on any atom is 0.407 e. The minimum atomic E-state index is -2.47. The number of allylic oxidation sites excluding steroid dienone is 6. The highest BCUT2D eigenvalue weighted by molar-refractivity contribution is 6.39. The average molecular weight is 1210 g/mol. The van der Waals surface area contributed by atoms with E-state index < -0.39 is 102 Å². The molecule has 3 aliphatic heterocycles. The average Bonchev–Trinajstić information content (AvgIpc) is 2.10. The Hall–Kier alpha value is -4.26. The summed E-state index contributed by atoms with van der Waals surface area (Å²) in [6.45, 7) is 19.3. The molecule has 4 rings (SSSR count). The van der Waals surface area contributed by atoms with Gasteiger partial charge in [-0.1, -0.05) is 71.1 Å². The molecule has 1 unspecified atom stereocenters. The molecule has 0 spiro atoms. The van der Waals surface area contributed by atoms with Gasteiger partial charge in [-0.3, -0.25) is 19.2 Å². The third kappa shape index (κ3) is 24.0. The van der Waals surface area contributed by atoms with E-state index in [4.69, 9.17) is 52.1 Å². The van der Waals surface area contributed by atoms with Crippen LogP contribution in [-0.2, 0) is 76.1 Å². The molecule has 15 atom stereocenters. The molecule has 85 heavy (non-hydrogen) atoms. The lowest BCUT2D eigenvalue weighted by Crippen LogP contribution is -2.61. The predicted octanol–water partition coefficient (Wildman–Crippen LogP) is 7.02. The number of carbonyl (C=O) groups is 6. The summed E-state index contributed by atoms with van der Waals surface area (Å²) >= 11 is 0. The molecular formula is C64H104N2O19. The molecule has 484 valence electrons. The van der Waals surface area contributed by atoms with Crippen molar-refractivity contribution in [1.82, 2.24) is 10.2 Å². The molecule has 21 nitrogen and oxygen atoms in total. The van der Waals surface area contributed by atoms with Crippen LogP contribution in [-0.4, -0.2) is 205 Å². The van der Waals surface area contributed by atoms with Crippen molar-refractivity contribution in [3.05, 3.63) is 47.6 Å². The van der Waals surface area contributed by atoms with E-state index in [1.807, 2.05) is 58.1 Å². The Balaban J connectivity index is 1.48. The first-order valence-corrected chi connectivity index (χ1v) is 31.0. The van der Waals surface area contributed by atoms with Crippen molar-refractivity contribution in [1.29, 1.82) is 0 Å². The number of aliphatic hydroxyl groups is 2. The summed E-state index contributed by atoms with van der Waals surface area (Å²) in [5.74, 6) is -8.48. The van der Waals surface area contributed by atoms with Gasteiger partial charge in [-0.25, -0.2) is 9.59 Å². The van der Waals surface area contributed by atoms with Crippen molar-refractivity contribution in [3.63, 3.8) is 0 Å². The summed E-state index contributed by atoms with van der Waals surface area (Å²) < 4.78 is 63.0. The number of cyclic esters (lactones) is 1. The van der Waals surface area contributed by atoms with Crippen molar-refractivity contribution in [2.24, 2.45) is 35.5 Å². The number of Topliss-reactive ketones (excluding diaryl/α,β-unsaturated/α-hetero) is 3. The molecule has 2 bridgehead atoms. The molecule has 0 aromatic carbocycles. The zero-order valence-electron chi connectivity index (χ0n) is 52.8. The Kier molecular flexibility index (Phi) is 33.5. The van der Waals surface area contributed by atoms with Crippen molar-refractivity contribution < 1.29 is 91.1 Å². The number of fused-ring (bicyclic) bond motifs is 3. The molecule has 2 amide bonds. The molecule has 21 heteroatoms. The summed E-state index contributed by atoms with van der Waals surface area (Å²) in [4.78, 5) is 85.8. The Morgan fingerprint density at radius 3 is 2.06 bits per heavy atom. The predicted molar refractivity (Wildman–Crippen MR) is 317 cm³/mol. The van der Waals surface area contributed by atoms with Gasteiger partial charge in [0.25, 0.3) is 11.7 Å². The second-order valence-electron chi connectivity index (χ2n) is 23.5. The molecular weight excluding hydrogens is 1100 g/mol. The second kappa shape index (κ2) is 38.9. The number of amides is 2. The van der Waals surface area contributed by atoms with Crippen molar-refractivity contribution >= 4 is 35.3 Å². The normalized spacial score (nSPS) is 33.6. The fraction of sp³-hybridized carbons (Fsp3) is 0.781. The van der Waals surface area contributed by atoms with Crippen LogP contribution in [0.2, 0.25) is 0 Å². The van der Waals surface area contributed by atoms with Crippen LogP contribution in [0, 0.1) is 35.5 Å². The Morgan fingerprint density at radius 1 is 0.765 bits per heavy atom. The fourth-order valence-corrected chi connectivity index (χ4v) is 11.7. The molecule has 3 heterocycles. The van der Waals surface area contributed by atoms with Gasteiger partial charge in [-0.2, -0.15) is 0 Å². The maximum absolute atomic E-state index is 14.6. The van der Waals surface area contributed by atoms with Gasteiger partial charge in [-0.15, -0.1) is 0 Å². The number of alkyl carbamates (subject to hydrolysis) is 1. The van der Waals surface area contributed by atoms with Crippen LogP contribution in [0.25, 0.3) is 0 Å². The van der Waals surface area contributed by atoms with Crippen molar-refractivity contribution in [2.75, 3.05) is 100 Å². The molecule has 0 aromatic rings. The summed E-state index contributed by atoms with van der Waals surface area (Å²) in [5.41, 5.74) is 1.23. The third-order valence-electron chi connectivity index (χ3n) is 16.9. The monoisotopic (exact) mass is 1200 g/mol. The molecule has 3 fully saturated rings. The van der Waals surface area contributed by atoms with E-state index in [-0.39, 0.29) is 55.9 Å². The van der Waals surface area contributed by atoms with Gasteiger partial charge in [0.2, 0.25) is 5.79 Å². The number of hydrogen-bond acceptors (Lipinski definition) is 19. The minimum absolute atomic E-state index is 0.00123. The van der Waals surface area contributed by atoms with E-state index in [2.05, 4.69) is 5.32 Å². The standard InChI is InChI=1S/C64H104N2O19/c1-12-78-28-29-80-32-33-82-35-34-81-31-30-79-27-25-65-63(73)84-53-24-22-49(39-56(53)76-10)38-45(5)55-41-52(67)44(4)37-47(7)58(69)59(77-11)57(68)46(6)36-42(2)18-14-13-15-19-43(3)54(75-9)40-50-23-21-48(8)64(74,85-50)60(70)61(71)66-26-17-16-20-51(66)62(72)83-55/h13-15,18-19,37,42,44-46,48-51,53-56,58-59,69,74H,12,16-17,20-36,38-41H2,1-11H3,(H,65,73)/b15-13+,18-14+,43-19+,47-37+/t42-,44-,45-,46?,48-,49+,50+,51+,53-,54+,55+,56-,58-,59+,64-/m1/s1. The van der Waals surface area contributed by atoms with E-state index in [1.54, 1.807) is 48.0 Å². The summed E-state index contributed by atoms with van der Waals surface area (Å²) in [6, 6.07) is -1.19. The summed E-state index contributed by atoms with van der Waals surface area (Å²) in [6.07, 6.45) is 9.70. The molecule has 0 aromatic heterocycles. The number of hydrogen-bond donors (Lipinski definition) is 3. The number of nitrogens with zero attached hydrogens (tertiary/aromatic N) is 1. The molecule has 1 saturated carbocycles. The number of ether oxygens (including phenoxy) is 11. The zero-order valence-corrected chi connectivity index (χ0v) is 52.8. The Morgan fingerprint density at radius 2 is 1.42 bits per heavy atom. The van der Waals surface area contributed by atoms with E-state index in [0.717, 1.165) is 5.57 Å². The van der Waals surface area contributed by atoms with Crippen LogP contribution in [0.3, 0.4) is 0 Å². The first kappa shape index (κ1) is 73.2. The molecule has 0 radical (unpaired) electrons. The lowest BCUT2D eigenvalue weighted by Gasteiger charge is -2.42. The van der Waals surface area contributed by atoms with Crippen molar-refractivity contribution in [3.8, 4) is 0 Å². The van der Waals surface area contributed by atoms with Crippen LogP contribution < -0.4 is 5.32 Å². The highest BCUT2D eigenvalue weighted by Gasteiger charge is 2.53. The summed E-state index contributed by atoms with van der Waals surface area (Å²) in [5, 5.41) is 26.4. The highest BCUT2D eigenvalue weighted by atomic mass is 16.6. The quantitative estimate of drug-likeness (QED) is 0.0402. The number of ketones is 3. The topological polar surface area (TPSA) is 260 Å². The van der Waals surface area contributed by atoms with E-state index in [1.165, 1.54) is 12.0 Å². The number of rotatable bonds is 23. The second-order valence-corrected chi connectivity index (χ2v) is 23.5. The fourth-order valence-electron chi connectivity index (χ4n) is 11.7. The van der Waals surface area contributed by atoms with Gasteiger partial charge in [0.05, 0.1) is 77.8 Å². The van der Waals surface area contributed by atoms with Crippen LogP contribution in [0.4, 0.5) is 4.79 Å². The van der Waals surface area contributed by atoms with Gasteiger partial charge in [0, 0.05) is 71.6 Å². The van der Waals surface area contributed by atoms with Crippen LogP contribution in [0.1, 0.15) is 132 Å². The van der Waals surface area contributed by atoms with Gasteiger partial charge in [-0.05, 0) is 114 Å². The zero-order chi connectivity index (χ0) is 62.5. The molecule has 2 saturated heterocycles. The SMILES string of the molecule is CCOCCOCCOCCOCCOCCNC(=O)O[C@@H]1CC[C@@H](C[C@@H](C)[C@@H]2CC(=O)[C@H](C)/C=C(\C)[C@@H](O)[C@@H](OC)C(=O)C(C)C[C@H](C)/C=C/C=C/C=C(\C)[C@@H](OC)C[C@@H]3CC[C@@H](C)[C@@](O)(O3)C(=O)C(=O)N3CCCC[C@H]3C(=O)O2)C[C@H]1OC. The Labute approximate surface area is 505 Å². The van der Waals surface area contributed by atoms with Crippen LogP contribution >= 0.6 is 0 Å². The number of methoxy groups -OCH3 is 3. The molecule has 3 N–H and O–H groups in total. The Bertz CT molecular complexity index is 2190. The van der Waals surface area contributed by atoms with Gasteiger partial charge < -0.3 is 72.5 Å². The van der Waals surface area contributed by atoms with Crippen molar-refractivity contribution in [2.45, 2.75) is 187 Å². The first-order chi connectivity index (χ1) is 40.7. The highest BCUT2D eigenvalue weighted by Crippen LogP contribution is 2.38. The first-order valence-electron chi connectivity index (χ1n) is 31.0. The lowest BCUT2D eigenvalue weighted by molar-refractivity contribution is -0.265. The van der Waals surface area contributed by atoms with Gasteiger partial charge in [0.1, 0.15) is 36.2 Å². The van der Waals surface area contributed by atoms with Gasteiger partial charge in [0.15, 0.2) is 5.78 Å². The third-order valence-corrected chi connectivity index (χ3v) is 16.9. The van der Waals surface area contributed by atoms with E-state index in [9.17, 15) is 39.0 Å². The van der Waals surface area contributed by atoms with Crippen LogP contribution in [0.15, 0.2) is 47.6 Å².